The van der Waals surface area contributed by atoms with Crippen LogP contribution >= 0.6 is 0 Å². The topological polar surface area (TPSA) is 52.6 Å². The van der Waals surface area contributed by atoms with E-state index in [9.17, 15) is 9.59 Å². The Morgan fingerprint density at radius 1 is 0.955 bits per heavy atom. The summed E-state index contributed by atoms with van der Waals surface area (Å²) < 4.78 is 10.6. The molecule has 0 amide bonds. The van der Waals surface area contributed by atoms with Crippen molar-refractivity contribution in [3.63, 3.8) is 0 Å². The standard InChI is InChI=1S/C18H18O4/c1-21-17(22-2)18(13-19,15-11-7-4-8-12-15)16(20)14-9-5-3-6-10-14/h3-13,17H,1-2H3. The van der Waals surface area contributed by atoms with Crippen LogP contribution in [0.15, 0.2) is 60.7 Å². The van der Waals surface area contributed by atoms with E-state index in [1.807, 2.05) is 12.1 Å². The molecule has 0 fully saturated rings. The molecular formula is C18H18O4. The normalized spacial score (nSPS) is 13.6. The maximum atomic E-state index is 13.1. The summed E-state index contributed by atoms with van der Waals surface area (Å²) >= 11 is 0. The molecule has 0 bridgehead atoms. The molecule has 0 radical (unpaired) electrons. The van der Waals surface area contributed by atoms with Gasteiger partial charge in [-0.05, 0) is 5.56 Å². The second kappa shape index (κ2) is 7.11. The SMILES string of the molecule is COC(OC)C(C=O)(C(=O)c1ccccc1)c1ccccc1. The van der Waals surface area contributed by atoms with Crippen molar-refractivity contribution in [2.45, 2.75) is 11.7 Å². The van der Waals surface area contributed by atoms with E-state index in [1.165, 1.54) is 14.2 Å². The molecule has 0 saturated carbocycles. The monoisotopic (exact) mass is 298 g/mol. The fourth-order valence-electron chi connectivity index (χ4n) is 2.56. The summed E-state index contributed by atoms with van der Waals surface area (Å²) in [5, 5.41) is 0. The molecule has 22 heavy (non-hydrogen) atoms. The van der Waals surface area contributed by atoms with E-state index < -0.39 is 11.7 Å². The van der Waals surface area contributed by atoms with E-state index in [1.54, 1.807) is 48.5 Å². The molecule has 0 aliphatic heterocycles. The first-order valence-electron chi connectivity index (χ1n) is 6.88. The second-order valence-corrected chi connectivity index (χ2v) is 4.85. The zero-order valence-electron chi connectivity index (χ0n) is 12.6. The minimum absolute atomic E-state index is 0.358. The molecule has 1 atom stereocenters. The molecule has 2 aromatic carbocycles. The van der Waals surface area contributed by atoms with Crippen LogP contribution in [-0.4, -0.2) is 32.6 Å². The zero-order valence-corrected chi connectivity index (χ0v) is 12.6. The number of hydrogen-bond donors (Lipinski definition) is 0. The second-order valence-electron chi connectivity index (χ2n) is 4.85. The lowest BCUT2D eigenvalue weighted by atomic mass is 9.74. The third kappa shape index (κ3) is 2.71. The summed E-state index contributed by atoms with van der Waals surface area (Å²) in [4.78, 5) is 25.1. The van der Waals surface area contributed by atoms with Crippen LogP contribution in [0, 0.1) is 0 Å². The fraction of sp³-hybridized carbons (Fsp3) is 0.222. The van der Waals surface area contributed by atoms with Crippen molar-refractivity contribution in [3.05, 3.63) is 71.8 Å². The average Bonchev–Trinajstić information content (AvgIpc) is 2.60. The van der Waals surface area contributed by atoms with Gasteiger partial charge < -0.3 is 14.3 Å². The van der Waals surface area contributed by atoms with Crippen LogP contribution in [0.1, 0.15) is 15.9 Å². The highest BCUT2D eigenvalue weighted by atomic mass is 16.7. The minimum atomic E-state index is -1.55. The maximum absolute atomic E-state index is 13.1. The highest BCUT2D eigenvalue weighted by Gasteiger charge is 2.48. The number of benzene rings is 2. The van der Waals surface area contributed by atoms with E-state index in [4.69, 9.17) is 9.47 Å². The number of methoxy groups -OCH3 is 2. The van der Waals surface area contributed by atoms with Crippen LogP contribution in [0.2, 0.25) is 0 Å². The van der Waals surface area contributed by atoms with E-state index in [0.29, 0.717) is 17.4 Å². The Bertz CT molecular complexity index is 620. The van der Waals surface area contributed by atoms with Gasteiger partial charge in [-0.25, -0.2) is 0 Å². The predicted octanol–water partition coefficient (Wildman–Crippen LogP) is 2.63. The van der Waals surface area contributed by atoms with E-state index in [2.05, 4.69) is 0 Å². The summed E-state index contributed by atoms with van der Waals surface area (Å²) in [5.41, 5.74) is -0.586. The van der Waals surface area contributed by atoms with Gasteiger partial charge in [0.2, 0.25) is 0 Å². The average molecular weight is 298 g/mol. The van der Waals surface area contributed by atoms with Gasteiger partial charge in [0.1, 0.15) is 6.29 Å². The Kier molecular flexibility index (Phi) is 5.20. The van der Waals surface area contributed by atoms with Gasteiger partial charge in [0, 0.05) is 19.8 Å². The van der Waals surface area contributed by atoms with Crippen molar-refractivity contribution in [2.75, 3.05) is 14.2 Å². The molecule has 0 aromatic heterocycles. The summed E-state index contributed by atoms with van der Waals surface area (Å²) in [5.74, 6) is -0.358. The first-order valence-corrected chi connectivity index (χ1v) is 6.88. The number of hydrogen-bond acceptors (Lipinski definition) is 4. The molecule has 0 saturated heterocycles. The predicted molar refractivity (Wildman–Crippen MR) is 82.8 cm³/mol. The molecule has 0 N–H and O–H groups in total. The van der Waals surface area contributed by atoms with Crippen molar-refractivity contribution < 1.29 is 19.1 Å². The molecule has 1 unspecified atom stereocenters. The van der Waals surface area contributed by atoms with Crippen molar-refractivity contribution >= 4 is 12.1 Å². The van der Waals surface area contributed by atoms with Crippen LogP contribution in [0.3, 0.4) is 0 Å². The number of rotatable bonds is 7. The lowest BCUT2D eigenvalue weighted by Gasteiger charge is -2.33. The molecular weight excluding hydrogens is 280 g/mol. The number of carbonyl (C=O) groups is 2. The smallest absolute Gasteiger partial charge is 0.185 e. The number of carbonyl (C=O) groups excluding carboxylic acids is 2. The lowest BCUT2D eigenvalue weighted by Crippen LogP contribution is -2.50. The molecule has 4 nitrogen and oxygen atoms in total. The number of aldehydes is 1. The van der Waals surface area contributed by atoms with Gasteiger partial charge in [0.15, 0.2) is 17.5 Å². The van der Waals surface area contributed by atoms with E-state index >= 15 is 0 Å². The van der Waals surface area contributed by atoms with Crippen molar-refractivity contribution in [1.82, 2.24) is 0 Å². The summed E-state index contributed by atoms with van der Waals surface area (Å²) in [6.45, 7) is 0. The van der Waals surface area contributed by atoms with Crippen LogP contribution in [0.25, 0.3) is 0 Å². The van der Waals surface area contributed by atoms with Gasteiger partial charge in [-0.3, -0.25) is 4.79 Å². The van der Waals surface area contributed by atoms with Crippen molar-refractivity contribution in [2.24, 2.45) is 0 Å². The van der Waals surface area contributed by atoms with Gasteiger partial charge in [0.25, 0.3) is 0 Å². The van der Waals surface area contributed by atoms with Crippen LogP contribution < -0.4 is 0 Å². The molecule has 0 aliphatic rings. The molecule has 4 heteroatoms. The van der Waals surface area contributed by atoms with Crippen molar-refractivity contribution in [1.29, 1.82) is 0 Å². The first kappa shape index (κ1) is 16.1. The molecule has 0 heterocycles. The van der Waals surface area contributed by atoms with Crippen LogP contribution in [0.5, 0.6) is 0 Å². The summed E-state index contributed by atoms with van der Waals surface area (Å²) in [6.07, 6.45) is -0.407. The van der Waals surface area contributed by atoms with E-state index in [0.717, 1.165) is 0 Å². The number of ether oxygens (including phenoxy) is 2. The summed E-state index contributed by atoms with van der Waals surface area (Å²) in [7, 11) is 2.82. The van der Waals surface area contributed by atoms with Gasteiger partial charge >= 0.3 is 0 Å². The van der Waals surface area contributed by atoms with Crippen LogP contribution in [-0.2, 0) is 19.7 Å². The van der Waals surface area contributed by atoms with Crippen molar-refractivity contribution in [3.8, 4) is 0 Å². The Hall–Kier alpha value is -2.30. The Labute approximate surface area is 129 Å². The molecule has 0 aliphatic carbocycles. The van der Waals surface area contributed by atoms with E-state index in [-0.39, 0.29) is 5.78 Å². The molecule has 2 aromatic rings. The zero-order chi connectivity index (χ0) is 16.0. The third-order valence-corrected chi connectivity index (χ3v) is 3.65. The molecule has 2 rings (SSSR count). The largest absolute Gasteiger partial charge is 0.354 e. The maximum Gasteiger partial charge on any atom is 0.185 e. The lowest BCUT2D eigenvalue weighted by molar-refractivity contribution is -0.148. The van der Waals surface area contributed by atoms with Gasteiger partial charge in [-0.1, -0.05) is 60.7 Å². The quantitative estimate of drug-likeness (QED) is 0.341. The number of ketones is 1. The van der Waals surface area contributed by atoms with Gasteiger partial charge in [-0.15, -0.1) is 0 Å². The Morgan fingerprint density at radius 3 is 1.91 bits per heavy atom. The third-order valence-electron chi connectivity index (χ3n) is 3.65. The molecule has 114 valence electrons. The van der Waals surface area contributed by atoms with Gasteiger partial charge in [-0.2, -0.15) is 0 Å². The minimum Gasteiger partial charge on any atom is -0.354 e. The highest BCUT2D eigenvalue weighted by molar-refractivity contribution is 6.14. The Balaban J connectivity index is 2.64. The molecule has 0 spiro atoms. The van der Waals surface area contributed by atoms with Crippen LogP contribution in [0.4, 0.5) is 0 Å². The highest BCUT2D eigenvalue weighted by Crippen LogP contribution is 2.32. The summed E-state index contributed by atoms with van der Waals surface area (Å²) in [6, 6.07) is 17.5. The number of Topliss-reactive ketones (excluding diaryl/α,β-unsaturated/α-hetero) is 1. The fourth-order valence-corrected chi connectivity index (χ4v) is 2.56. The van der Waals surface area contributed by atoms with Gasteiger partial charge in [0.05, 0.1) is 0 Å². The Morgan fingerprint density at radius 2 is 1.45 bits per heavy atom. The first-order chi connectivity index (χ1) is 10.7.